The Morgan fingerprint density at radius 2 is 1.14 bits per heavy atom. The molecule has 0 unspecified atom stereocenters. The van der Waals surface area contributed by atoms with E-state index in [1.165, 1.54) is 21.7 Å². The number of nitrogens with zero attached hydrogens (tertiary/aromatic N) is 2. The van der Waals surface area contributed by atoms with Gasteiger partial charge < -0.3 is 8.98 Å². The summed E-state index contributed by atoms with van der Waals surface area (Å²) in [6.07, 6.45) is 0. The number of rotatable bonds is 2. The first-order chi connectivity index (χ1) is 17.4. The van der Waals surface area contributed by atoms with Crippen LogP contribution in [-0.2, 0) is 0 Å². The third-order valence-electron chi connectivity index (χ3n) is 7.11. The fourth-order valence-electron chi connectivity index (χ4n) is 5.69. The van der Waals surface area contributed by atoms with E-state index >= 15 is 0 Å². The zero-order valence-corrected chi connectivity index (χ0v) is 18.8. The van der Waals surface area contributed by atoms with E-state index in [1.54, 1.807) is 0 Å². The van der Waals surface area contributed by atoms with Crippen molar-refractivity contribution < 1.29 is 4.42 Å². The SMILES string of the molecule is c1ccc(-c2c3ccccc3n3c2oc2ccc4c5ccccc5n(-c5ccccc5)c4c23)cc1. The Morgan fingerprint density at radius 1 is 0.486 bits per heavy atom. The second-order valence-electron chi connectivity index (χ2n) is 9.00. The van der Waals surface area contributed by atoms with Gasteiger partial charge in [0, 0.05) is 21.8 Å². The van der Waals surface area contributed by atoms with E-state index in [0.717, 1.165) is 44.7 Å². The molecule has 0 saturated heterocycles. The average molecular weight is 449 g/mol. The molecule has 3 nitrogen and oxygen atoms in total. The van der Waals surface area contributed by atoms with Gasteiger partial charge in [0.25, 0.3) is 0 Å². The van der Waals surface area contributed by atoms with Crippen LogP contribution in [0, 0.1) is 0 Å². The summed E-state index contributed by atoms with van der Waals surface area (Å²) in [7, 11) is 0. The fraction of sp³-hybridized carbons (Fsp3) is 0. The molecule has 0 radical (unpaired) electrons. The minimum absolute atomic E-state index is 0.879. The minimum atomic E-state index is 0.879. The molecule has 0 amide bonds. The normalized spacial score (nSPS) is 12.0. The highest BCUT2D eigenvalue weighted by Crippen LogP contribution is 2.43. The van der Waals surface area contributed by atoms with Crippen molar-refractivity contribution in [1.29, 1.82) is 0 Å². The molecule has 35 heavy (non-hydrogen) atoms. The number of hydrogen-bond acceptors (Lipinski definition) is 1. The number of hydrogen-bond donors (Lipinski definition) is 0. The van der Waals surface area contributed by atoms with Gasteiger partial charge in [-0.05, 0) is 42.0 Å². The molecule has 0 bridgehead atoms. The van der Waals surface area contributed by atoms with E-state index in [2.05, 4.69) is 130 Å². The molecule has 164 valence electrons. The smallest absolute Gasteiger partial charge is 0.213 e. The van der Waals surface area contributed by atoms with E-state index in [-0.39, 0.29) is 0 Å². The molecule has 0 fully saturated rings. The summed E-state index contributed by atoms with van der Waals surface area (Å²) in [6, 6.07) is 42.7. The molecule has 0 N–H and O–H groups in total. The highest BCUT2D eigenvalue weighted by molar-refractivity contribution is 6.19. The van der Waals surface area contributed by atoms with Crippen LogP contribution in [0.2, 0.25) is 0 Å². The summed E-state index contributed by atoms with van der Waals surface area (Å²) in [5.74, 6) is 0. The van der Waals surface area contributed by atoms with Crippen LogP contribution in [0.3, 0.4) is 0 Å². The molecule has 8 aromatic rings. The number of oxazole rings is 1. The van der Waals surface area contributed by atoms with E-state index in [9.17, 15) is 0 Å². The molecule has 3 aromatic heterocycles. The van der Waals surface area contributed by atoms with Crippen molar-refractivity contribution >= 4 is 49.5 Å². The highest BCUT2D eigenvalue weighted by atomic mass is 16.3. The Balaban J connectivity index is 1.66. The van der Waals surface area contributed by atoms with Crippen LogP contribution >= 0.6 is 0 Å². The first-order valence-corrected chi connectivity index (χ1v) is 11.9. The molecule has 0 saturated carbocycles. The maximum absolute atomic E-state index is 6.67. The Kier molecular flexibility index (Phi) is 3.66. The van der Waals surface area contributed by atoms with E-state index in [0.29, 0.717) is 0 Å². The molecule has 0 aliphatic rings. The van der Waals surface area contributed by atoms with Gasteiger partial charge in [-0.2, -0.15) is 0 Å². The lowest BCUT2D eigenvalue weighted by Gasteiger charge is -2.08. The monoisotopic (exact) mass is 448 g/mol. The number of para-hydroxylation sites is 3. The lowest BCUT2D eigenvalue weighted by atomic mass is 10.0. The van der Waals surface area contributed by atoms with Crippen LogP contribution in [-0.4, -0.2) is 8.97 Å². The Hall–Kier alpha value is -4.76. The number of benzene rings is 5. The number of fused-ring (bicyclic) bond motifs is 9. The van der Waals surface area contributed by atoms with Gasteiger partial charge in [-0.25, -0.2) is 0 Å². The second kappa shape index (κ2) is 6.87. The summed E-state index contributed by atoms with van der Waals surface area (Å²) in [5.41, 5.74) is 9.79. The predicted octanol–water partition coefficient (Wildman–Crippen LogP) is 8.60. The van der Waals surface area contributed by atoms with Crippen molar-refractivity contribution in [3.05, 3.63) is 121 Å². The molecule has 0 spiro atoms. The molecular weight excluding hydrogens is 428 g/mol. The van der Waals surface area contributed by atoms with Crippen LogP contribution in [0.4, 0.5) is 0 Å². The summed E-state index contributed by atoms with van der Waals surface area (Å²) in [6.45, 7) is 0. The third kappa shape index (κ3) is 2.44. The second-order valence-corrected chi connectivity index (χ2v) is 9.00. The number of aromatic nitrogens is 2. The average Bonchev–Trinajstić information content (AvgIpc) is 3.56. The van der Waals surface area contributed by atoms with Gasteiger partial charge >= 0.3 is 0 Å². The van der Waals surface area contributed by atoms with Crippen molar-refractivity contribution in [2.24, 2.45) is 0 Å². The first kappa shape index (κ1) is 18.6. The van der Waals surface area contributed by atoms with Gasteiger partial charge in [-0.3, -0.25) is 4.40 Å². The lowest BCUT2D eigenvalue weighted by Crippen LogP contribution is -1.95. The van der Waals surface area contributed by atoms with Gasteiger partial charge in [0.2, 0.25) is 5.71 Å². The molecule has 3 heteroatoms. The van der Waals surface area contributed by atoms with Gasteiger partial charge in [-0.1, -0.05) is 84.9 Å². The molecular formula is C32H20N2O. The summed E-state index contributed by atoms with van der Waals surface area (Å²) in [5, 5.41) is 3.65. The quantitative estimate of drug-likeness (QED) is 0.259. The molecule has 5 aromatic carbocycles. The van der Waals surface area contributed by atoms with Crippen LogP contribution in [0.25, 0.3) is 66.3 Å². The van der Waals surface area contributed by atoms with Crippen LogP contribution in [0.15, 0.2) is 126 Å². The predicted molar refractivity (Wildman–Crippen MR) is 144 cm³/mol. The van der Waals surface area contributed by atoms with Crippen molar-refractivity contribution in [2.45, 2.75) is 0 Å². The molecule has 0 aliphatic heterocycles. The molecule has 3 heterocycles. The van der Waals surface area contributed by atoms with E-state index in [4.69, 9.17) is 4.42 Å². The zero-order valence-electron chi connectivity index (χ0n) is 18.8. The van der Waals surface area contributed by atoms with E-state index in [1.807, 2.05) is 0 Å². The lowest BCUT2D eigenvalue weighted by molar-refractivity contribution is 0.658. The van der Waals surface area contributed by atoms with Gasteiger partial charge in [0.1, 0.15) is 5.52 Å². The van der Waals surface area contributed by atoms with Crippen molar-refractivity contribution in [3.8, 4) is 16.8 Å². The summed E-state index contributed by atoms with van der Waals surface area (Å²) < 4.78 is 11.4. The van der Waals surface area contributed by atoms with Crippen LogP contribution in [0.5, 0.6) is 0 Å². The Morgan fingerprint density at radius 3 is 1.94 bits per heavy atom. The van der Waals surface area contributed by atoms with Crippen molar-refractivity contribution in [1.82, 2.24) is 8.97 Å². The third-order valence-corrected chi connectivity index (χ3v) is 7.11. The molecule has 8 rings (SSSR count). The van der Waals surface area contributed by atoms with Crippen LogP contribution in [0.1, 0.15) is 0 Å². The van der Waals surface area contributed by atoms with E-state index < -0.39 is 0 Å². The largest absolute Gasteiger partial charge is 0.437 e. The van der Waals surface area contributed by atoms with Crippen molar-refractivity contribution in [3.63, 3.8) is 0 Å². The Bertz CT molecular complexity index is 2040. The highest BCUT2D eigenvalue weighted by Gasteiger charge is 2.23. The van der Waals surface area contributed by atoms with Crippen LogP contribution < -0.4 is 0 Å². The molecule has 0 aliphatic carbocycles. The van der Waals surface area contributed by atoms with Gasteiger partial charge in [0.15, 0.2) is 5.58 Å². The maximum atomic E-state index is 6.67. The molecule has 0 atom stereocenters. The van der Waals surface area contributed by atoms with Gasteiger partial charge in [-0.15, -0.1) is 0 Å². The first-order valence-electron chi connectivity index (χ1n) is 11.9. The topological polar surface area (TPSA) is 22.5 Å². The minimum Gasteiger partial charge on any atom is -0.437 e. The standard InChI is InChI=1S/C32H20N2O/c1-3-11-21(12-4-1)29-25-16-8-10-18-27(25)34-31-28(35-32(29)34)20-19-24-23-15-7-9-17-26(23)33(30(24)31)22-13-5-2-6-14-22/h1-20H. The van der Waals surface area contributed by atoms with Gasteiger partial charge in [0.05, 0.1) is 22.1 Å². The van der Waals surface area contributed by atoms with Crippen molar-refractivity contribution in [2.75, 3.05) is 0 Å². The zero-order chi connectivity index (χ0) is 22.9. The summed E-state index contributed by atoms with van der Waals surface area (Å²) >= 11 is 0. The fourth-order valence-corrected chi connectivity index (χ4v) is 5.69. The Labute approximate surface area is 201 Å². The summed E-state index contributed by atoms with van der Waals surface area (Å²) in [4.78, 5) is 0. The maximum Gasteiger partial charge on any atom is 0.213 e.